The molecule has 2 aromatic rings. The molecule has 1 aromatic carbocycles. The molecule has 0 fully saturated rings. The highest BCUT2D eigenvalue weighted by Gasteiger charge is 2.10. The second-order valence-electron chi connectivity index (χ2n) is 4.28. The van der Waals surface area contributed by atoms with Crippen LogP contribution in [0.25, 0.3) is 0 Å². The molecule has 0 bridgehead atoms. The summed E-state index contributed by atoms with van der Waals surface area (Å²) in [5.41, 5.74) is 2.22. The molecule has 0 aliphatic carbocycles. The molecule has 0 unspecified atom stereocenters. The van der Waals surface area contributed by atoms with Crippen molar-refractivity contribution in [1.29, 1.82) is 0 Å². The van der Waals surface area contributed by atoms with Crippen molar-refractivity contribution in [3.63, 3.8) is 0 Å². The van der Waals surface area contributed by atoms with E-state index in [4.69, 9.17) is 5.11 Å². The first-order valence-corrected chi connectivity index (χ1v) is 5.93. The fourth-order valence-corrected chi connectivity index (χ4v) is 1.82. The standard InChI is InChI=1S/C14H15N3O2/c1-9-4-3-5-10(6-9)7-13-16-11(14(18)19)8-12(15-2)17-13/h3-6,8H,7H2,1-2H3,(H,18,19)(H,15,16,17). The molecule has 0 aliphatic heterocycles. The Balaban J connectivity index is 2.34. The van der Waals surface area contributed by atoms with Gasteiger partial charge in [0.25, 0.3) is 0 Å². The molecule has 0 radical (unpaired) electrons. The lowest BCUT2D eigenvalue weighted by Crippen LogP contribution is -2.08. The van der Waals surface area contributed by atoms with Gasteiger partial charge in [-0.15, -0.1) is 0 Å². The predicted molar refractivity (Wildman–Crippen MR) is 72.5 cm³/mol. The number of hydrogen-bond donors (Lipinski definition) is 2. The molecule has 0 spiro atoms. The zero-order valence-corrected chi connectivity index (χ0v) is 10.8. The maximum atomic E-state index is 11.0. The first-order valence-electron chi connectivity index (χ1n) is 5.93. The summed E-state index contributed by atoms with van der Waals surface area (Å²) in [7, 11) is 1.70. The highest BCUT2D eigenvalue weighted by Crippen LogP contribution is 2.12. The van der Waals surface area contributed by atoms with Gasteiger partial charge in [0.1, 0.15) is 11.6 Å². The van der Waals surface area contributed by atoms with E-state index in [-0.39, 0.29) is 5.69 Å². The molecule has 0 atom stereocenters. The van der Waals surface area contributed by atoms with Gasteiger partial charge in [-0.2, -0.15) is 0 Å². The average Bonchev–Trinajstić information content (AvgIpc) is 2.38. The number of benzene rings is 1. The van der Waals surface area contributed by atoms with Crippen molar-refractivity contribution in [2.75, 3.05) is 12.4 Å². The van der Waals surface area contributed by atoms with Crippen LogP contribution < -0.4 is 5.32 Å². The zero-order chi connectivity index (χ0) is 13.8. The van der Waals surface area contributed by atoms with Crippen LogP contribution in [0.1, 0.15) is 27.4 Å². The van der Waals surface area contributed by atoms with Gasteiger partial charge in [-0.05, 0) is 12.5 Å². The lowest BCUT2D eigenvalue weighted by Gasteiger charge is -2.06. The molecule has 1 aromatic heterocycles. The Hall–Kier alpha value is -2.43. The number of rotatable bonds is 4. The van der Waals surface area contributed by atoms with E-state index >= 15 is 0 Å². The van der Waals surface area contributed by atoms with Crippen LogP contribution in [0.4, 0.5) is 5.82 Å². The van der Waals surface area contributed by atoms with Gasteiger partial charge in [0.15, 0.2) is 5.69 Å². The number of aromatic carboxylic acids is 1. The number of carboxylic acid groups (broad SMARTS) is 1. The van der Waals surface area contributed by atoms with Gasteiger partial charge in [0.05, 0.1) is 0 Å². The van der Waals surface area contributed by atoms with Crippen LogP contribution in [0.3, 0.4) is 0 Å². The maximum Gasteiger partial charge on any atom is 0.354 e. The van der Waals surface area contributed by atoms with Crippen LogP contribution >= 0.6 is 0 Å². The molecule has 0 aliphatic rings. The summed E-state index contributed by atoms with van der Waals surface area (Å²) in [5.74, 6) is -0.0469. The number of aryl methyl sites for hydroxylation is 1. The van der Waals surface area contributed by atoms with Gasteiger partial charge in [-0.25, -0.2) is 14.8 Å². The Labute approximate surface area is 111 Å². The maximum absolute atomic E-state index is 11.0. The molecule has 98 valence electrons. The van der Waals surface area contributed by atoms with Crippen molar-refractivity contribution in [3.05, 3.63) is 53.0 Å². The molecule has 19 heavy (non-hydrogen) atoms. The molecule has 2 rings (SSSR count). The topological polar surface area (TPSA) is 75.1 Å². The van der Waals surface area contributed by atoms with Gasteiger partial charge in [0, 0.05) is 19.5 Å². The summed E-state index contributed by atoms with van der Waals surface area (Å²) in [4.78, 5) is 19.3. The number of nitrogens with one attached hydrogen (secondary N) is 1. The second-order valence-corrected chi connectivity index (χ2v) is 4.28. The van der Waals surface area contributed by atoms with E-state index in [1.165, 1.54) is 6.07 Å². The predicted octanol–water partition coefficient (Wildman–Crippen LogP) is 2.12. The number of anilines is 1. The van der Waals surface area contributed by atoms with E-state index in [1.54, 1.807) is 7.05 Å². The molecule has 0 saturated heterocycles. The van der Waals surface area contributed by atoms with E-state index in [0.29, 0.717) is 18.1 Å². The van der Waals surface area contributed by atoms with Crippen LogP contribution in [-0.2, 0) is 6.42 Å². The Kier molecular flexibility index (Phi) is 3.75. The molecule has 0 amide bonds. The number of nitrogens with zero attached hydrogens (tertiary/aromatic N) is 2. The fraction of sp³-hybridized carbons (Fsp3) is 0.214. The van der Waals surface area contributed by atoms with Gasteiger partial charge in [-0.1, -0.05) is 29.8 Å². The smallest absolute Gasteiger partial charge is 0.354 e. The minimum Gasteiger partial charge on any atom is -0.477 e. The van der Waals surface area contributed by atoms with Crippen molar-refractivity contribution in [3.8, 4) is 0 Å². The highest BCUT2D eigenvalue weighted by atomic mass is 16.4. The fourth-order valence-electron chi connectivity index (χ4n) is 1.82. The number of aromatic nitrogens is 2. The van der Waals surface area contributed by atoms with E-state index in [2.05, 4.69) is 15.3 Å². The van der Waals surface area contributed by atoms with Gasteiger partial charge >= 0.3 is 5.97 Å². The van der Waals surface area contributed by atoms with Gasteiger partial charge in [-0.3, -0.25) is 0 Å². The first-order chi connectivity index (χ1) is 9.08. The summed E-state index contributed by atoms with van der Waals surface area (Å²) in [6, 6.07) is 9.41. The van der Waals surface area contributed by atoms with Crippen molar-refractivity contribution >= 4 is 11.8 Å². The second kappa shape index (κ2) is 5.48. The summed E-state index contributed by atoms with van der Waals surface area (Å²) in [6.45, 7) is 2.01. The third kappa shape index (κ3) is 3.28. The Morgan fingerprint density at radius 3 is 2.74 bits per heavy atom. The summed E-state index contributed by atoms with van der Waals surface area (Å²) in [5, 5.41) is 11.9. The largest absolute Gasteiger partial charge is 0.477 e. The normalized spacial score (nSPS) is 10.2. The molecule has 0 saturated carbocycles. The number of carbonyl (C=O) groups is 1. The number of carboxylic acids is 1. The molecule has 5 nitrogen and oxygen atoms in total. The highest BCUT2D eigenvalue weighted by molar-refractivity contribution is 5.86. The monoisotopic (exact) mass is 257 g/mol. The van der Waals surface area contributed by atoms with Crippen LogP contribution in [0.15, 0.2) is 30.3 Å². The third-order valence-corrected chi connectivity index (χ3v) is 2.69. The van der Waals surface area contributed by atoms with Crippen LogP contribution in [0.2, 0.25) is 0 Å². The van der Waals surface area contributed by atoms with Gasteiger partial charge < -0.3 is 10.4 Å². The van der Waals surface area contributed by atoms with Crippen molar-refractivity contribution < 1.29 is 9.90 Å². The van der Waals surface area contributed by atoms with Crippen molar-refractivity contribution in [2.24, 2.45) is 0 Å². The Morgan fingerprint density at radius 2 is 2.11 bits per heavy atom. The Morgan fingerprint density at radius 1 is 1.32 bits per heavy atom. The Bertz CT molecular complexity index is 611. The van der Waals surface area contributed by atoms with Crippen LogP contribution in [0.5, 0.6) is 0 Å². The van der Waals surface area contributed by atoms with E-state index in [9.17, 15) is 4.79 Å². The lowest BCUT2D eigenvalue weighted by atomic mass is 10.1. The summed E-state index contributed by atoms with van der Waals surface area (Å²) < 4.78 is 0. The minimum absolute atomic E-state index is 0.00185. The van der Waals surface area contributed by atoms with Crippen molar-refractivity contribution in [1.82, 2.24) is 9.97 Å². The van der Waals surface area contributed by atoms with E-state index < -0.39 is 5.97 Å². The number of hydrogen-bond acceptors (Lipinski definition) is 4. The lowest BCUT2D eigenvalue weighted by molar-refractivity contribution is 0.0690. The molecule has 1 heterocycles. The molecular weight excluding hydrogens is 242 g/mol. The van der Waals surface area contributed by atoms with E-state index in [0.717, 1.165) is 11.1 Å². The third-order valence-electron chi connectivity index (χ3n) is 2.69. The quantitative estimate of drug-likeness (QED) is 0.877. The van der Waals surface area contributed by atoms with Crippen LogP contribution in [-0.4, -0.2) is 28.1 Å². The van der Waals surface area contributed by atoms with Crippen LogP contribution in [0, 0.1) is 6.92 Å². The first kappa shape index (κ1) is 13.0. The summed E-state index contributed by atoms with van der Waals surface area (Å²) >= 11 is 0. The average molecular weight is 257 g/mol. The van der Waals surface area contributed by atoms with E-state index in [1.807, 2.05) is 31.2 Å². The SMILES string of the molecule is CNc1cc(C(=O)O)nc(Cc2cccc(C)c2)n1. The van der Waals surface area contributed by atoms with Crippen molar-refractivity contribution in [2.45, 2.75) is 13.3 Å². The summed E-state index contributed by atoms with van der Waals surface area (Å²) in [6.07, 6.45) is 0.511. The molecule has 5 heteroatoms. The van der Waals surface area contributed by atoms with Gasteiger partial charge in [0.2, 0.25) is 0 Å². The minimum atomic E-state index is -1.05. The molecule has 2 N–H and O–H groups in total. The molecular formula is C14H15N3O2. The zero-order valence-electron chi connectivity index (χ0n) is 10.8.